The zero-order valence-electron chi connectivity index (χ0n) is 22.5. The van der Waals surface area contributed by atoms with Crippen molar-refractivity contribution < 1.29 is 39.6 Å². The van der Waals surface area contributed by atoms with E-state index in [1.807, 2.05) is 0 Å². The van der Waals surface area contributed by atoms with Gasteiger partial charge in [0.15, 0.2) is 0 Å². The van der Waals surface area contributed by atoms with E-state index in [4.69, 9.17) is 0 Å². The molecule has 0 heterocycles. The number of carbonyl (C=O) groups excluding carboxylic acids is 4. The Morgan fingerprint density at radius 3 is 1.24 bits per heavy atom. The van der Waals surface area contributed by atoms with Crippen molar-refractivity contribution in [3.63, 3.8) is 0 Å². The van der Waals surface area contributed by atoms with Crippen LogP contribution < -0.4 is 21.3 Å². The highest BCUT2D eigenvalue weighted by molar-refractivity contribution is 8.76. The van der Waals surface area contributed by atoms with Crippen molar-refractivity contribution >= 4 is 72.2 Å². The second kappa shape index (κ2) is 21.9. The first-order valence-corrected chi connectivity index (χ1v) is 14.2. The Balaban J connectivity index is -0.00000612. The van der Waals surface area contributed by atoms with Crippen LogP contribution in [0.4, 0.5) is 0 Å². The summed E-state index contributed by atoms with van der Waals surface area (Å²) in [7, 11) is 3.07. The fourth-order valence-electron chi connectivity index (χ4n) is 2.43. The topological polar surface area (TPSA) is 197 Å². The van der Waals surface area contributed by atoms with Crippen LogP contribution >= 0.6 is 48.6 Å². The second-order valence-electron chi connectivity index (χ2n) is 9.52. The van der Waals surface area contributed by atoms with Crippen LogP contribution in [0.1, 0.15) is 40.5 Å². The minimum Gasteiger partial charge on any atom is -0.396 e. The predicted octanol–water partition coefficient (Wildman–Crippen LogP) is -1.40. The van der Waals surface area contributed by atoms with Gasteiger partial charge in [0.05, 0.1) is 13.2 Å². The Bertz CT molecular complexity index is 659. The molecule has 4 amide bonds. The van der Waals surface area contributed by atoms with Gasteiger partial charge in [-0.3, -0.25) is 19.2 Å². The summed E-state index contributed by atoms with van der Waals surface area (Å²) in [5.41, 5.74) is -1.94. The Morgan fingerprint density at radius 2 is 0.947 bits per heavy atom. The molecule has 0 aliphatic rings. The summed E-state index contributed by atoms with van der Waals surface area (Å²) in [5.74, 6) is -0.428. The van der Waals surface area contributed by atoms with E-state index in [0.29, 0.717) is 24.6 Å². The molecule has 0 saturated carbocycles. The molecule has 0 rings (SSSR count). The van der Waals surface area contributed by atoms with Gasteiger partial charge in [-0.2, -0.15) is 27.0 Å². The van der Waals surface area contributed by atoms with Crippen LogP contribution in [0.3, 0.4) is 0 Å². The summed E-state index contributed by atoms with van der Waals surface area (Å²) in [6, 6.07) is 0. The van der Waals surface area contributed by atoms with Crippen molar-refractivity contribution in [1.82, 2.24) is 21.3 Å². The van der Waals surface area contributed by atoms with E-state index in [-0.39, 0.29) is 78.0 Å². The fourth-order valence-corrected chi connectivity index (χ4v) is 4.25. The molecule has 0 spiro atoms. The van der Waals surface area contributed by atoms with E-state index in [1.54, 1.807) is 27.7 Å². The summed E-state index contributed by atoms with van der Waals surface area (Å²) in [5, 5.41) is 48.5. The lowest BCUT2D eigenvalue weighted by Crippen LogP contribution is -2.46. The molecule has 0 aromatic carbocycles. The average Bonchev–Trinajstić information content (AvgIpc) is 2.84. The lowest BCUT2D eigenvalue weighted by Gasteiger charge is -2.27. The number of hydrogen-bond donors (Lipinski definition) is 8. The first kappa shape index (κ1) is 41.6. The van der Waals surface area contributed by atoms with Gasteiger partial charge in [-0.05, 0) is 0 Å². The molecule has 38 heavy (non-hydrogen) atoms. The summed E-state index contributed by atoms with van der Waals surface area (Å²) in [4.78, 5) is 47.3. The van der Waals surface area contributed by atoms with Gasteiger partial charge < -0.3 is 41.7 Å². The third kappa shape index (κ3) is 17.7. The zero-order chi connectivity index (χ0) is 27.8. The quantitative estimate of drug-likeness (QED) is 0.0626. The minimum atomic E-state index is -1.37. The van der Waals surface area contributed by atoms with Crippen molar-refractivity contribution in [3.05, 3.63) is 0 Å². The Kier molecular flexibility index (Phi) is 24.0. The third-order valence-corrected chi connectivity index (χ3v) is 7.60. The molecule has 2 unspecified atom stereocenters. The van der Waals surface area contributed by atoms with Gasteiger partial charge in [0.2, 0.25) is 23.6 Å². The molecule has 0 radical (unpaired) electrons. The minimum absolute atomic E-state index is 0. The van der Waals surface area contributed by atoms with Crippen LogP contribution in [0.15, 0.2) is 0 Å². The van der Waals surface area contributed by atoms with Gasteiger partial charge in [-0.25, -0.2) is 0 Å². The lowest BCUT2D eigenvalue weighted by atomic mass is 9.87. The number of amides is 4. The smallest absolute Gasteiger partial charge is 0.249 e. The van der Waals surface area contributed by atoms with E-state index in [0.717, 1.165) is 0 Å². The third-order valence-electron chi connectivity index (χ3n) is 5.19. The highest BCUT2D eigenvalue weighted by Crippen LogP contribution is 2.20. The fraction of sp³-hybridized carbons (Fsp3) is 0.818. The lowest BCUT2D eigenvalue weighted by molar-refractivity contribution is -0.137. The Morgan fingerprint density at radius 1 is 0.632 bits per heavy atom. The van der Waals surface area contributed by atoms with E-state index in [2.05, 4.69) is 21.3 Å². The molecule has 0 aliphatic heterocycles. The number of aliphatic hydroxyl groups is 4. The molecule has 8 N–H and O–H groups in total. The molecule has 2 atom stereocenters. The van der Waals surface area contributed by atoms with Gasteiger partial charge in [0, 0.05) is 61.4 Å². The number of aliphatic hydroxyl groups excluding tert-OH is 4. The van der Waals surface area contributed by atoms with Gasteiger partial charge in [0.1, 0.15) is 12.2 Å². The predicted molar refractivity (Wildman–Crippen MR) is 161 cm³/mol. The summed E-state index contributed by atoms with van der Waals surface area (Å²) >= 11 is 0. The maximum absolute atomic E-state index is 11.8. The van der Waals surface area contributed by atoms with E-state index in [1.165, 1.54) is 21.6 Å². The highest BCUT2D eigenvalue weighted by Gasteiger charge is 2.33. The van der Waals surface area contributed by atoms with E-state index >= 15 is 0 Å². The van der Waals surface area contributed by atoms with Crippen molar-refractivity contribution in [1.29, 1.82) is 0 Å². The molecule has 0 fully saturated rings. The first-order chi connectivity index (χ1) is 16.8. The molecule has 0 aromatic heterocycles. The van der Waals surface area contributed by atoms with E-state index in [9.17, 15) is 39.6 Å². The van der Waals surface area contributed by atoms with Crippen LogP contribution in [0.25, 0.3) is 0 Å². The molecule has 0 aromatic rings. The normalized spacial score (nSPS) is 12.7. The molecule has 12 nitrogen and oxygen atoms in total. The van der Waals surface area contributed by atoms with E-state index < -0.39 is 34.9 Å². The maximum atomic E-state index is 11.8. The van der Waals surface area contributed by atoms with Crippen molar-refractivity contribution in [2.75, 3.05) is 50.9 Å². The van der Waals surface area contributed by atoms with Crippen molar-refractivity contribution in [2.24, 2.45) is 10.8 Å². The monoisotopic (exact) mass is 622 g/mol. The standard InChI is InChI=1S/C22H42N4O8S2.2H2S/c1-21(2,13-27)17(31)19(33)25-7-5-15(29)23-9-11-35-36-12-10-24-16(30)6-8-26-20(34)18(32)22(3,4)14-28;;/h17-18,27-28,31-32H,5-14H2,1-4H3,(H,23,29)(H,24,30)(H,25,33)(H,26,34);2*1H2. The molecule has 226 valence electrons. The molecule has 0 saturated heterocycles. The Hall–Kier alpha value is -0.880. The van der Waals surface area contributed by atoms with Crippen LogP contribution in [-0.2, 0) is 19.2 Å². The van der Waals surface area contributed by atoms with Crippen LogP contribution in [0, 0.1) is 10.8 Å². The summed E-state index contributed by atoms with van der Waals surface area (Å²) in [6.45, 7) is 6.59. The zero-order valence-corrected chi connectivity index (χ0v) is 26.1. The molecular weight excluding hydrogens is 577 g/mol. The van der Waals surface area contributed by atoms with Crippen LogP contribution in [-0.4, -0.2) is 107 Å². The van der Waals surface area contributed by atoms with Gasteiger partial charge in [0.25, 0.3) is 0 Å². The summed E-state index contributed by atoms with van der Waals surface area (Å²) in [6.07, 6.45) is -2.59. The molecule has 0 bridgehead atoms. The van der Waals surface area contributed by atoms with Crippen molar-refractivity contribution in [3.8, 4) is 0 Å². The number of nitrogens with one attached hydrogen (secondary N) is 4. The van der Waals surface area contributed by atoms with Gasteiger partial charge >= 0.3 is 0 Å². The highest BCUT2D eigenvalue weighted by atomic mass is 33.1. The number of carbonyl (C=O) groups is 4. The first-order valence-electron chi connectivity index (χ1n) is 11.7. The molecule has 16 heteroatoms. The van der Waals surface area contributed by atoms with Crippen LogP contribution in [0.5, 0.6) is 0 Å². The number of rotatable bonds is 19. The second-order valence-corrected chi connectivity index (χ2v) is 12.2. The largest absolute Gasteiger partial charge is 0.396 e. The Labute approximate surface area is 246 Å². The van der Waals surface area contributed by atoms with Gasteiger partial charge in [-0.1, -0.05) is 49.3 Å². The molecular formula is C22H46N4O8S4. The average molecular weight is 623 g/mol. The number of hydrogen-bond acceptors (Lipinski definition) is 10. The SMILES string of the molecule is CC(C)(CO)C(O)C(=O)NCCC(=O)NCCSSCCNC(=O)CCNC(=O)C(O)C(C)(C)CO.S.S. The maximum Gasteiger partial charge on any atom is 0.249 e. The molecule has 0 aliphatic carbocycles. The summed E-state index contributed by atoms with van der Waals surface area (Å²) < 4.78 is 0. The van der Waals surface area contributed by atoms with Crippen molar-refractivity contribution in [2.45, 2.75) is 52.7 Å². The van der Waals surface area contributed by atoms with Gasteiger partial charge in [-0.15, -0.1) is 0 Å². The van der Waals surface area contributed by atoms with Crippen LogP contribution in [0.2, 0.25) is 0 Å².